The molecule has 0 aromatic heterocycles. The van der Waals surface area contributed by atoms with E-state index in [1.807, 2.05) is 0 Å². The van der Waals surface area contributed by atoms with E-state index in [0.717, 1.165) is 0 Å². The Bertz CT molecular complexity index is 475. The number of halogens is 1. The van der Waals surface area contributed by atoms with Crippen molar-refractivity contribution >= 4 is 17.6 Å². The summed E-state index contributed by atoms with van der Waals surface area (Å²) in [5.74, 6) is -1.62. The van der Waals surface area contributed by atoms with Crippen molar-refractivity contribution in [2.45, 2.75) is 13.3 Å². The van der Waals surface area contributed by atoms with E-state index in [4.69, 9.17) is 4.74 Å². The van der Waals surface area contributed by atoms with Gasteiger partial charge < -0.3 is 9.64 Å². The Hall–Kier alpha value is -1.91. The van der Waals surface area contributed by atoms with Gasteiger partial charge in [-0.1, -0.05) is 12.1 Å². The third-order valence-corrected chi connectivity index (χ3v) is 2.89. The summed E-state index contributed by atoms with van der Waals surface area (Å²) in [7, 11) is 0. The van der Waals surface area contributed by atoms with E-state index in [1.165, 1.54) is 17.0 Å². The molecule has 5 heteroatoms. The molecule has 0 bridgehead atoms. The summed E-state index contributed by atoms with van der Waals surface area (Å²) in [5.41, 5.74) is 0.217. The standard InChI is InChI=1S/C13H14FNO3/c1-2-18-13(17)9-7-12(16)15(8-9)11-6-4-3-5-10(11)14/h3-6,9H,2,7-8H2,1H3/t9-/m0/s1. The third-order valence-electron chi connectivity index (χ3n) is 2.89. The summed E-state index contributed by atoms with van der Waals surface area (Å²) in [5, 5.41) is 0. The maximum atomic E-state index is 13.6. The highest BCUT2D eigenvalue weighted by molar-refractivity contribution is 5.99. The lowest BCUT2D eigenvalue weighted by atomic mass is 10.1. The van der Waals surface area contributed by atoms with Crippen LogP contribution in [-0.4, -0.2) is 25.0 Å². The van der Waals surface area contributed by atoms with Crippen LogP contribution in [0.3, 0.4) is 0 Å². The summed E-state index contributed by atoms with van der Waals surface area (Å²) in [6.45, 7) is 2.17. The number of hydrogen-bond donors (Lipinski definition) is 0. The molecule has 0 N–H and O–H groups in total. The lowest BCUT2D eigenvalue weighted by Gasteiger charge is -2.16. The molecule has 2 rings (SSSR count). The predicted molar refractivity (Wildman–Crippen MR) is 63.5 cm³/mol. The molecule has 1 atom stereocenters. The second kappa shape index (κ2) is 5.16. The minimum Gasteiger partial charge on any atom is -0.466 e. The topological polar surface area (TPSA) is 46.6 Å². The third kappa shape index (κ3) is 2.34. The normalized spacial score (nSPS) is 19.1. The molecule has 18 heavy (non-hydrogen) atoms. The van der Waals surface area contributed by atoms with Crippen LogP contribution in [0.5, 0.6) is 0 Å². The lowest BCUT2D eigenvalue weighted by molar-refractivity contribution is -0.147. The van der Waals surface area contributed by atoms with Gasteiger partial charge in [0.1, 0.15) is 5.82 Å². The summed E-state index contributed by atoms with van der Waals surface area (Å²) in [6.07, 6.45) is 0.0766. The Balaban J connectivity index is 2.15. The molecule has 1 aliphatic rings. The van der Waals surface area contributed by atoms with Crippen molar-refractivity contribution < 1.29 is 18.7 Å². The van der Waals surface area contributed by atoms with Crippen LogP contribution in [0, 0.1) is 11.7 Å². The van der Waals surface area contributed by atoms with Crippen LogP contribution in [0.1, 0.15) is 13.3 Å². The SMILES string of the molecule is CCOC(=O)[C@H]1CC(=O)N(c2ccccc2F)C1. The van der Waals surface area contributed by atoms with Gasteiger partial charge in [-0.15, -0.1) is 0 Å². The molecule has 0 radical (unpaired) electrons. The highest BCUT2D eigenvalue weighted by Gasteiger charge is 2.36. The molecule has 1 aliphatic heterocycles. The average molecular weight is 251 g/mol. The van der Waals surface area contributed by atoms with Gasteiger partial charge in [-0.05, 0) is 19.1 Å². The van der Waals surface area contributed by atoms with Gasteiger partial charge in [0.15, 0.2) is 0 Å². The predicted octanol–water partition coefficient (Wildman–Crippen LogP) is 1.74. The van der Waals surface area contributed by atoms with E-state index >= 15 is 0 Å². The smallest absolute Gasteiger partial charge is 0.311 e. The van der Waals surface area contributed by atoms with Crippen LogP contribution >= 0.6 is 0 Å². The molecule has 96 valence electrons. The van der Waals surface area contributed by atoms with Crippen LogP contribution in [-0.2, 0) is 14.3 Å². The molecule has 1 saturated heterocycles. The highest BCUT2D eigenvalue weighted by Crippen LogP contribution is 2.27. The number of anilines is 1. The second-order valence-electron chi connectivity index (χ2n) is 4.11. The number of ether oxygens (including phenoxy) is 1. The zero-order chi connectivity index (χ0) is 13.1. The van der Waals surface area contributed by atoms with Gasteiger partial charge in [-0.25, -0.2) is 4.39 Å². The fourth-order valence-electron chi connectivity index (χ4n) is 2.03. The van der Waals surface area contributed by atoms with Crippen molar-refractivity contribution in [3.63, 3.8) is 0 Å². The van der Waals surface area contributed by atoms with Crippen molar-refractivity contribution in [2.75, 3.05) is 18.1 Å². The molecule has 0 aliphatic carbocycles. The highest BCUT2D eigenvalue weighted by atomic mass is 19.1. The van der Waals surface area contributed by atoms with Crippen molar-refractivity contribution in [3.05, 3.63) is 30.1 Å². The molecule has 0 spiro atoms. The van der Waals surface area contributed by atoms with Gasteiger partial charge in [0.2, 0.25) is 5.91 Å². The Morgan fingerprint density at radius 2 is 2.22 bits per heavy atom. The van der Waals surface area contributed by atoms with Crippen LogP contribution in [0.15, 0.2) is 24.3 Å². The number of nitrogens with zero attached hydrogens (tertiary/aromatic N) is 1. The van der Waals surface area contributed by atoms with Gasteiger partial charge in [0, 0.05) is 13.0 Å². The van der Waals surface area contributed by atoms with Gasteiger partial charge in [-0.2, -0.15) is 0 Å². The van der Waals surface area contributed by atoms with E-state index in [9.17, 15) is 14.0 Å². The van der Waals surface area contributed by atoms with Gasteiger partial charge in [-0.3, -0.25) is 9.59 Å². The summed E-state index contributed by atoms with van der Waals surface area (Å²) >= 11 is 0. The monoisotopic (exact) mass is 251 g/mol. The van der Waals surface area contributed by atoms with Crippen LogP contribution in [0.4, 0.5) is 10.1 Å². The number of hydrogen-bond acceptors (Lipinski definition) is 3. The number of para-hydroxylation sites is 1. The summed E-state index contributed by atoms with van der Waals surface area (Å²) < 4.78 is 18.5. The second-order valence-corrected chi connectivity index (χ2v) is 4.11. The number of carbonyl (C=O) groups is 2. The Morgan fingerprint density at radius 1 is 1.50 bits per heavy atom. The molecule has 1 fully saturated rings. The van der Waals surface area contributed by atoms with E-state index < -0.39 is 17.7 Å². The summed E-state index contributed by atoms with van der Waals surface area (Å²) in [6, 6.07) is 6.03. The quantitative estimate of drug-likeness (QED) is 0.769. The maximum absolute atomic E-state index is 13.6. The number of benzene rings is 1. The number of amides is 1. The molecule has 0 saturated carbocycles. The van der Waals surface area contributed by atoms with E-state index in [0.29, 0.717) is 0 Å². The zero-order valence-corrected chi connectivity index (χ0v) is 10.1. The minimum absolute atomic E-state index is 0.0766. The van der Waals surface area contributed by atoms with Crippen LogP contribution in [0.25, 0.3) is 0 Å². The Morgan fingerprint density at radius 3 is 2.89 bits per heavy atom. The van der Waals surface area contributed by atoms with Crippen molar-refractivity contribution in [3.8, 4) is 0 Å². The van der Waals surface area contributed by atoms with Crippen molar-refractivity contribution in [1.29, 1.82) is 0 Å². The summed E-state index contributed by atoms with van der Waals surface area (Å²) in [4.78, 5) is 24.7. The minimum atomic E-state index is -0.503. The lowest BCUT2D eigenvalue weighted by Crippen LogP contribution is -2.27. The first-order valence-corrected chi connectivity index (χ1v) is 5.85. The first-order chi connectivity index (χ1) is 8.63. The zero-order valence-electron chi connectivity index (χ0n) is 10.1. The van der Waals surface area contributed by atoms with Gasteiger partial charge in [0.05, 0.1) is 18.2 Å². The molecule has 0 unspecified atom stereocenters. The fourth-order valence-corrected chi connectivity index (χ4v) is 2.03. The molecule has 1 aromatic rings. The fraction of sp³-hybridized carbons (Fsp3) is 0.385. The Labute approximate surface area is 104 Å². The maximum Gasteiger partial charge on any atom is 0.311 e. The molecular formula is C13H14FNO3. The molecule has 1 aromatic carbocycles. The molecular weight excluding hydrogens is 237 g/mol. The van der Waals surface area contributed by atoms with E-state index in [2.05, 4.69) is 0 Å². The first kappa shape index (κ1) is 12.5. The van der Waals surface area contributed by atoms with Crippen LogP contribution in [0.2, 0.25) is 0 Å². The van der Waals surface area contributed by atoms with E-state index in [1.54, 1.807) is 19.1 Å². The average Bonchev–Trinajstić information content (AvgIpc) is 2.72. The van der Waals surface area contributed by atoms with Crippen LogP contribution < -0.4 is 4.90 Å². The van der Waals surface area contributed by atoms with Crippen molar-refractivity contribution in [2.24, 2.45) is 5.92 Å². The van der Waals surface area contributed by atoms with Crippen molar-refractivity contribution in [1.82, 2.24) is 0 Å². The number of esters is 1. The molecule has 1 heterocycles. The van der Waals surface area contributed by atoms with Gasteiger partial charge in [0.25, 0.3) is 0 Å². The van der Waals surface area contributed by atoms with E-state index in [-0.39, 0.29) is 31.2 Å². The molecule has 1 amide bonds. The first-order valence-electron chi connectivity index (χ1n) is 5.85. The number of carbonyl (C=O) groups excluding carboxylic acids is 2. The largest absolute Gasteiger partial charge is 0.466 e. The molecule has 4 nitrogen and oxygen atoms in total. The Kier molecular flexibility index (Phi) is 3.60. The van der Waals surface area contributed by atoms with Gasteiger partial charge >= 0.3 is 5.97 Å². The number of rotatable bonds is 3.